The molecule has 2 aromatic heterocycles. The summed E-state index contributed by atoms with van der Waals surface area (Å²) in [4.78, 5) is 12.6. The average Bonchev–Trinajstić information content (AvgIpc) is 3.24. The van der Waals surface area contributed by atoms with Crippen LogP contribution in [0.5, 0.6) is 17.2 Å². The van der Waals surface area contributed by atoms with Crippen molar-refractivity contribution in [3.63, 3.8) is 0 Å². The maximum Gasteiger partial charge on any atom is 0.234 e. The molecule has 4 rings (SSSR count). The number of methoxy groups -OCH3 is 3. The third-order valence-corrected chi connectivity index (χ3v) is 5.55. The highest BCUT2D eigenvalue weighted by Crippen LogP contribution is 2.30. The minimum absolute atomic E-state index is 0.113. The number of para-hydroxylation sites is 1. The normalized spacial score (nSPS) is 10.7. The molecule has 0 bridgehead atoms. The van der Waals surface area contributed by atoms with Crippen molar-refractivity contribution >= 4 is 29.0 Å². The van der Waals surface area contributed by atoms with Crippen LogP contribution >= 0.6 is 11.8 Å². The Morgan fingerprint density at radius 2 is 1.78 bits per heavy atom. The molecular formula is C22H21N5O4S. The van der Waals surface area contributed by atoms with Gasteiger partial charge in [-0.1, -0.05) is 23.9 Å². The average molecular weight is 452 g/mol. The van der Waals surface area contributed by atoms with E-state index in [0.717, 1.165) is 5.56 Å². The molecule has 10 heteroatoms. The lowest BCUT2D eigenvalue weighted by molar-refractivity contribution is -0.113. The second-order valence-corrected chi connectivity index (χ2v) is 7.52. The maximum atomic E-state index is 12.6. The lowest BCUT2D eigenvalue weighted by Gasteiger charge is -2.11. The molecule has 0 aliphatic carbocycles. The summed E-state index contributed by atoms with van der Waals surface area (Å²) in [6, 6.07) is 16.5. The standard InChI is InChI=1S/C22H21N5O4S/c1-29-14-8-10-19(31-3)17(12-14)23-21(28)13-32-22-25-24-20-11-9-16(26-27(20)22)15-6-4-5-7-18(15)30-2/h4-12H,13H2,1-3H3,(H,23,28). The van der Waals surface area contributed by atoms with Crippen LogP contribution in [0.25, 0.3) is 16.9 Å². The van der Waals surface area contributed by atoms with E-state index in [9.17, 15) is 4.79 Å². The number of carbonyl (C=O) groups is 1. The molecule has 0 radical (unpaired) electrons. The minimum atomic E-state index is -0.223. The van der Waals surface area contributed by atoms with Gasteiger partial charge in [0.1, 0.15) is 17.2 Å². The Morgan fingerprint density at radius 1 is 0.969 bits per heavy atom. The molecule has 0 aliphatic rings. The zero-order chi connectivity index (χ0) is 22.5. The first kappa shape index (κ1) is 21.4. The van der Waals surface area contributed by atoms with Crippen LogP contribution < -0.4 is 19.5 Å². The van der Waals surface area contributed by atoms with Crippen molar-refractivity contribution in [3.8, 4) is 28.5 Å². The maximum absolute atomic E-state index is 12.6. The van der Waals surface area contributed by atoms with Crippen LogP contribution in [-0.2, 0) is 4.79 Å². The molecule has 0 spiro atoms. The summed E-state index contributed by atoms with van der Waals surface area (Å²) in [6.07, 6.45) is 0. The van der Waals surface area contributed by atoms with Crippen LogP contribution in [0, 0.1) is 0 Å². The predicted molar refractivity (Wildman–Crippen MR) is 122 cm³/mol. The monoisotopic (exact) mass is 451 g/mol. The number of carbonyl (C=O) groups excluding carboxylic acids is 1. The zero-order valence-electron chi connectivity index (χ0n) is 17.7. The van der Waals surface area contributed by atoms with Crippen molar-refractivity contribution < 1.29 is 19.0 Å². The quantitative estimate of drug-likeness (QED) is 0.406. The largest absolute Gasteiger partial charge is 0.497 e. The van der Waals surface area contributed by atoms with Gasteiger partial charge in [-0.25, -0.2) is 0 Å². The Kier molecular flexibility index (Phi) is 6.41. The van der Waals surface area contributed by atoms with E-state index in [2.05, 4.69) is 20.6 Å². The number of hydrogen-bond acceptors (Lipinski definition) is 8. The van der Waals surface area contributed by atoms with Gasteiger partial charge in [-0.05, 0) is 36.4 Å². The SMILES string of the molecule is COc1ccc(OC)c(NC(=O)CSc2nnc3ccc(-c4ccccc4OC)nn23)c1. The van der Waals surface area contributed by atoms with Gasteiger partial charge in [0.05, 0.1) is 38.5 Å². The van der Waals surface area contributed by atoms with E-state index in [4.69, 9.17) is 14.2 Å². The summed E-state index contributed by atoms with van der Waals surface area (Å²) in [7, 11) is 4.72. The van der Waals surface area contributed by atoms with Crippen molar-refractivity contribution in [2.24, 2.45) is 0 Å². The van der Waals surface area contributed by atoms with Gasteiger partial charge in [0.25, 0.3) is 0 Å². The number of fused-ring (bicyclic) bond motifs is 1. The topological polar surface area (TPSA) is 99.9 Å². The lowest BCUT2D eigenvalue weighted by Crippen LogP contribution is -2.15. The molecule has 2 heterocycles. The highest BCUT2D eigenvalue weighted by molar-refractivity contribution is 7.99. The van der Waals surface area contributed by atoms with Gasteiger partial charge in [-0.2, -0.15) is 9.61 Å². The molecule has 0 saturated carbocycles. The Hall–Kier alpha value is -3.79. The Morgan fingerprint density at radius 3 is 2.56 bits per heavy atom. The molecule has 32 heavy (non-hydrogen) atoms. The number of nitrogens with one attached hydrogen (secondary N) is 1. The molecule has 0 atom stereocenters. The third-order valence-electron chi connectivity index (χ3n) is 4.63. The van der Waals surface area contributed by atoms with Gasteiger partial charge < -0.3 is 19.5 Å². The first-order valence-electron chi connectivity index (χ1n) is 9.63. The van der Waals surface area contributed by atoms with Gasteiger partial charge in [0, 0.05) is 11.6 Å². The van der Waals surface area contributed by atoms with Crippen molar-refractivity contribution in [2.45, 2.75) is 5.16 Å². The molecule has 2 aromatic carbocycles. The molecule has 1 amide bonds. The fourth-order valence-electron chi connectivity index (χ4n) is 3.09. The second kappa shape index (κ2) is 9.56. The van der Waals surface area contributed by atoms with E-state index >= 15 is 0 Å². The first-order valence-corrected chi connectivity index (χ1v) is 10.6. The van der Waals surface area contributed by atoms with Gasteiger partial charge in [0.2, 0.25) is 11.1 Å². The van der Waals surface area contributed by atoms with E-state index in [-0.39, 0.29) is 11.7 Å². The predicted octanol–water partition coefficient (Wildman–Crippen LogP) is 3.55. The Bertz CT molecular complexity index is 1260. The Balaban J connectivity index is 1.52. The van der Waals surface area contributed by atoms with Gasteiger partial charge in [-0.15, -0.1) is 10.2 Å². The lowest BCUT2D eigenvalue weighted by atomic mass is 10.1. The summed E-state index contributed by atoms with van der Waals surface area (Å²) >= 11 is 1.23. The molecule has 0 unspecified atom stereocenters. The first-order chi connectivity index (χ1) is 15.6. The molecule has 0 fully saturated rings. The molecule has 0 saturated heterocycles. The smallest absolute Gasteiger partial charge is 0.234 e. The van der Waals surface area contributed by atoms with Gasteiger partial charge >= 0.3 is 0 Å². The molecule has 1 N–H and O–H groups in total. The van der Waals surface area contributed by atoms with Crippen LogP contribution in [0.15, 0.2) is 59.8 Å². The van der Waals surface area contributed by atoms with Crippen molar-refractivity contribution in [1.29, 1.82) is 0 Å². The number of benzene rings is 2. The fourth-order valence-corrected chi connectivity index (χ4v) is 3.77. The van der Waals surface area contributed by atoms with Gasteiger partial charge in [0.15, 0.2) is 5.65 Å². The fraction of sp³-hybridized carbons (Fsp3) is 0.182. The molecule has 164 valence electrons. The summed E-state index contributed by atoms with van der Waals surface area (Å²) in [5.74, 6) is 1.76. The molecule has 4 aromatic rings. The van der Waals surface area contributed by atoms with Crippen LogP contribution in [0.3, 0.4) is 0 Å². The number of amides is 1. The van der Waals surface area contributed by atoms with E-state index < -0.39 is 0 Å². The summed E-state index contributed by atoms with van der Waals surface area (Å²) in [5, 5.41) is 16.3. The molecule has 0 aliphatic heterocycles. The van der Waals surface area contributed by atoms with Gasteiger partial charge in [-0.3, -0.25) is 4.79 Å². The summed E-state index contributed by atoms with van der Waals surface area (Å²) < 4.78 is 17.6. The van der Waals surface area contributed by atoms with E-state index in [1.54, 1.807) is 44.0 Å². The Labute approximate surface area is 188 Å². The van der Waals surface area contributed by atoms with Crippen LogP contribution in [0.1, 0.15) is 0 Å². The van der Waals surface area contributed by atoms with E-state index in [1.165, 1.54) is 11.8 Å². The summed E-state index contributed by atoms with van der Waals surface area (Å²) in [6.45, 7) is 0. The van der Waals surface area contributed by atoms with Crippen molar-refractivity contribution in [3.05, 3.63) is 54.6 Å². The highest BCUT2D eigenvalue weighted by Gasteiger charge is 2.15. The number of aromatic nitrogens is 4. The third kappa shape index (κ3) is 4.45. The van der Waals surface area contributed by atoms with Crippen molar-refractivity contribution in [1.82, 2.24) is 19.8 Å². The number of ether oxygens (including phenoxy) is 3. The zero-order valence-corrected chi connectivity index (χ0v) is 18.5. The number of hydrogen-bond donors (Lipinski definition) is 1. The second-order valence-electron chi connectivity index (χ2n) is 6.57. The minimum Gasteiger partial charge on any atom is -0.497 e. The number of rotatable bonds is 8. The number of thioether (sulfide) groups is 1. The number of nitrogens with zero attached hydrogens (tertiary/aromatic N) is 4. The van der Waals surface area contributed by atoms with Crippen LogP contribution in [0.2, 0.25) is 0 Å². The van der Waals surface area contributed by atoms with Crippen LogP contribution in [0.4, 0.5) is 5.69 Å². The molecular weight excluding hydrogens is 430 g/mol. The van der Waals surface area contributed by atoms with Crippen LogP contribution in [-0.4, -0.2) is 52.8 Å². The molecule has 9 nitrogen and oxygen atoms in total. The summed E-state index contributed by atoms with van der Waals surface area (Å²) in [5.41, 5.74) is 2.67. The number of anilines is 1. The highest BCUT2D eigenvalue weighted by atomic mass is 32.2. The van der Waals surface area contributed by atoms with Crippen molar-refractivity contribution in [2.75, 3.05) is 32.4 Å². The van der Waals surface area contributed by atoms with E-state index in [1.807, 2.05) is 36.4 Å². The van der Waals surface area contributed by atoms with E-state index in [0.29, 0.717) is 39.4 Å².